The van der Waals surface area contributed by atoms with Crippen LogP contribution in [0.4, 0.5) is 0 Å². The zero-order valence-corrected chi connectivity index (χ0v) is 9.58. The van der Waals surface area contributed by atoms with Crippen molar-refractivity contribution in [1.29, 1.82) is 0 Å². The molecule has 0 unspecified atom stereocenters. The Morgan fingerprint density at radius 1 is 1.31 bits per heavy atom. The minimum atomic E-state index is 0.128. The summed E-state index contributed by atoms with van der Waals surface area (Å²) in [6.07, 6.45) is 4.47. The third kappa shape index (κ3) is 1.65. The molecule has 1 aromatic rings. The number of ether oxygens (including phenoxy) is 2. The molecular formula is C13H17NO2. The second-order valence-electron chi connectivity index (χ2n) is 4.95. The number of fused-ring (bicyclic) bond motifs is 1. The lowest BCUT2D eigenvalue weighted by Crippen LogP contribution is -2.22. The Hall–Kier alpha value is -1.22. The van der Waals surface area contributed by atoms with E-state index in [0.29, 0.717) is 6.79 Å². The maximum atomic E-state index is 6.10. The molecule has 0 amide bonds. The summed E-state index contributed by atoms with van der Waals surface area (Å²) in [4.78, 5) is 0. The van der Waals surface area contributed by atoms with Crippen molar-refractivity contribution in [3.8, 4) is 11.5 Å². The second-order valence-corrected chi connectivity index (χ2v) is 4.95. The smallest absolute Gasteiger partial charge is 0.231 e. The van der Waals surface area contributed by atoms with Crippen molar-refractivity contribution >= 4 is 0 Å². The van der Waals surface area contributed by atoms with E-state index in [1.807, 2.05) is 6.07 Å². The third-order valence-corrected chi connectivity index (χ3v) is 3.68. The Morgan fingerprint density at radius 2 is 2.12 bits per heavy atom. The number of nitrogens with two attached hydrogens (primary N) is 1. The number of hydrogen-bond acceptors (Lipinski definition) is 3. The van der Waals surface area contributed by atoms with Crippen molar-refractivity contribution < 1.29 is 9.47 Å². The summed E-state index contributed by atoms with van der Waals surface area (Å²) in [5.41, 5.74) is 8.77. The van der Waals surface area contributed by atoms with Crippen LogP contribution in [0, 0.1) is 6.92 Å². The number of hydrogen-bond donors (Lipinski definition) is 1. The molecule has 86 valence electrons. The van der Waals surface area contributed by atoms with E-state index < -0.39 is 0 Å². The van der Waals surface area contributed by atoms with E-state index in [-0.39, 0.29) is 5.54 Å². The van der Waals surface area contributed by atoms with Gasteiger partial charge in [0.2, 0.25) is 6.79 Å². The molecule has 0 atom stereocenters. The van der Waals surface area contributed by atoms with E-state index in [1.54, 1.807) is 0 Å². The van der Waals surface area contributed by atoms with Crippen LogP contribution in [0.15, 0.2) is 12.1 Å². The highest BCUT2D eigenvalue weighted by molar-refractivity contribution is 5.51. The van der Waals surface area contributed by atoms with E-state index in [4.69, 9.17) is 15.2 Å². The maximum absolute atomic E-state index is 6.10. The molecular weight excluding hydrogens is 202 g/mol. The van der Waals surface area contributed by atoms with Gasteiger partial charge in [-0.3, -0.25) is 0 Å². The van der Waals surface area contributed by atoms with Gasteiger partial charge in [-0.15, -0.1) is 0 Å². The van der Waals surface area contributed by atoms with Crippen LogP contribution in [-0.4, -0.2) is 12.3 Å². The van der Waals surface area contributed by atoms with Crippen molar-refractivity contribution in [2.24, 2.45) is 5.73 Å². The molecule has 3 rings (SSSR count). The van der Waals surface area contributed by atoms with Gasteiger partial charge in [0.05, 0.1) is 0 Å². The number of benzene rings is 1. The predicted octanol–water partition coefficient (Wildman–Crippen LogP) is 2.15. The largest absolute Gasteiger partial charge is 0.454 e. The summed E-state index contributed by atoms with van der Waals surface area (Å²) in [5, 5.41) is 0. The zero-order valence-electron chi connectivity index (χ0n) is 9.58. The zero-order chi connectivity index (χ0) is 11.2. The second kappa shape index (κ2) is 3.39. The lowest BCUT2D eigenvalue weighted by Gasteiger charge is -2.11. The van der Waals surface area contributed by atoms with Gasteiger partial charge in [-0.25, -0.2) is 0 Å². The van der Waals surface area contributed by atoms with E-state index in [1.165, 1.54) is 24.0 Å². The minimum absolute atomic E-state index is 0.128. The SMILES string of the molecule is Cc1c(CCC2(N)CC2)ccc2c1OCO2. The van der Waals surface area contributed by atoms with E-state index >= 15 is 0 Å². The molecule has 0 bridgehead atoms. The monoisotopic (exact) mass is 219 g/mol. The van der Waals surface area contributed by atoms with Crippen molar-refractivity contribution in [3.63, 3.8) is 0 Å². The molecule has 0 spiro atoms. The Labute approximate surface area is 95.5 Å². The van der Waals surface area contributed by atoms with Gasteiger partial charge in [0, 0.05) is 5.54 Å². The van der Waals surface area contributed by atoms with Crippen LogP contribution in [0.1, 0.15) is 30.4 Å². The molecule has 2 aliphatic rings. The Balaban J connectivity index is 1.79. The highest BCUT2D eigenvalue weighted by Gasteiger charge is 2.37. The quantitative estimate of drug-likeness (QED) is 0.847. The third-order valence-electron chi connectivity index (χ3n) is 3.68. The molecule has 2 N–H and O–H groups in total. The molecule has 0 radical (unpaired) electrons. The lowest BCUT2D eigenvalue weighted by atomic mass is 9.99. The fourth-order valence-corrected chi connectivity index (χ4v) is 2.22. The van der Waals surface area contributed by atoms with Crippen molar-refractivity contribution in [2.75, 3.05) is 6.79 Å². The van der Waals surface area contributed by atoms with Crippen LogP contribution in [0.5, 0.6) is 11.5 Å². The van der Waals surface area contributed by atoms with Crippen LogP contribution in [0.25, 0.3) is 0 Å². The van der Waals surface area contributed by atoms with Gasteiger partial charge < -0.3 is 15.2 Å². The van der Waals surface area contributed by atoms with Crippen LogP contribution >= 0.6 is 0 Å². The summed E-state index contributed by atoms with van der Waals surface area (Å²) in [5.74, 6) is 1.79. The maximum Gasteiger partial charge on any atom is 0.231 e. The first-order valence-electron chi connectivity index (χ1n) is 5.85. The summed E-state index contributed by atoms with van der Waals surface area (Å²) in [6.45, 7) is 2.44. The molecule has 1 aliphatic heterocycles. The standard InChI is InChI=1S/C13H17NO2/c1-9-10(4-5-13(14)6-7-13)2-3-11-12(9)16-8-15-11/h2-3H,4-8,14H2,1H3. The van der Waals surface area contributed by atoms with Gasteiger partial charge >= 0.3 is 0 Å². The molecule has 1 aromatic carbocycles. The Bertz CT molecular complexity index is 424. The Kier molecular flexibility index (Phi) is 2.11. The van der Waals surface area contributed by atoms with E-state index in [2.05, 4.69) is 13.0 Å². The first-order valence-corrected chi connectivity index (χ1v) is 5.85. The summed E-state index contributed by atoms with van der Waals surface area (Å²) in [6, 6.07) is 4.13. The van der Waals surface area contributed by atoms with Gasteiger partial charge in [0.15, 0.2) is 11.5 Å². The fraction of sp³-hybridized carbons (Fsp3) is 0.538. The normalized spacial score (nSPS) is 19.9. The van der Waals surface area contributed by atoms with Gasteiger partial charge in [-0.05, 0) is 49.8 Å². The Morgan fingerprint density at radius 3 is 2.88 bits per heavy atom. The predicted molar refractivity (Wildman–Crippen MR) is 61.8 cm³/mol. The molecule has 1 saturated carbocycles. The van der Waals surface area contributed by atoms with Gasteiger partial charge in [0.25, 0.3) is 0 Å². The molecule has 3 heteroatoms. The molecule has 0 saturated heterocycles. The molecule has 16 heavy (non-hydrogen) atoms. The minimum Gasteiger partial charge on any atom is -0.454 e. The van der Waals surface area contributed by atoms with Crippen molar-refractivity contribution in [1.82, 2.24) is 0 Å². The molecule has 3 nitrogen and oxygen atoms in total. The highest BCUT2D eigenvalue weighted by atomic mass is 16.7. The number of aryl methyl sites for hydroxylation is 1. The van der Waals surface area contributed by atoms with Gasteiger partial charge in [0.1, 0.15) is 0 Å². The molecule has 1 fully saturated rings. The summed E-state index contributed by atoms with van der Waals surface area (Å²) >= 11 is 0. The lowest BCUT2D eigenvalue weighted by molar-refractivity contribution is 0.173. The van der Waals surface area contributed by atoms with Crippen LogP contribution < -0.4 is 15.2 Å². The average molecular weight is 219 g/mol. The summed E-state index contributed by atoms with van der Waals surface area (Å²) in [7, 11) is 0. The first-order chi connectivity index (χ1) is 7.68. The first kappa shape index (κ1) is 9.97. The molecule has 1 heterocycles. The fourth-order valence-electron chi connectivity index (χ4n) is 2.22. The van der Waals surface area contributed by atoms with Crippen molar-refractivity contribution in [3.05, 3.63) is 23.3 Å². The average Bonchev–Trinajstić information content (AvgIpc) is 2.81. The van der Waals surface area contributed by atoms with E-state index in [0.717, 1.165) is 24.3 Å². The van der Waals surface area contributed by atoms with Gasteiger partial charge in [-0.2, -0.15) is 0 Å². The topological polar surface area (TPSA) is 44.5 Å². The van der Waals surface area contributed by atoms with Crippen LogP contribution in [-0.2, 0) is 6.42 Å². The van der Waals surface area contributed by atoms with Crippen LogP contribution in [0.2, 0.25) is 0 Å². The molecule has 1 aliphatic carbocycles. The van der Waals surface area contributed by atoms with Crippen LogP contribution in [0.3, 0.4) is 0 Å². The summed E-state index contributed by atoms with van der Waals surface area (Å²) < 4.78 is 10.8. The highest BCUT2D eigenvalue weighted by Crippen LogP contribution is 2.40. The van der Waals surface area contributed by atoms with Crippen molar-refractivity contribution in [2.45, 2.75) is 38.1 Å². The molecule has 0 aromatic heterocycles. The van der Waals surface area contributed by atoms with Gasteiger partial charge in [-0.1, -0.05) is 6.07 Å². The van der Waals surface area contributed by atoms with E-state index in [9.17, 15) is 0 Å². The number of rotatable bonds is 3.